The summed E-state index contributed by atoms with van der Waals surface area (Å²) < 4.78 is 7.26. The van der Waals surface area contributed by atoms with Crippen molar-refractivity contribution in [2.45, 2.75) is 38.1 Å². The number of benzene rings is 2. The number of para-hydroxylation sites is 2. The van der Waals surface area contributed by atoms with Crippen LogP contribution in [0.1, 0.15) is 43.7 Å². The van der Waals surface area contributed by atoms with Crippen molar-refractivity contribution in [2.75, 3.05) is 37.4 Å². The van der Waals surface area contributed by atoms with Gasteiger partial charge in [-0.25, -0.2) is 9.48 Å². The van der Waals surface area contributed by atoms with Crippen LogP contribution in [-0.4, -0.2) is 47.5 Å². The molecule has 1 aromatic heterocycles. The third-order valence-electron chi connectivity index (χ3n) is 6.42. The fourth-order valence-electron chi connectivity index (χ4n) is 4.43. The minimum absolute atomic E-state index is 0.282. The molecule has 2 heterocycles. The highest BCUT2D eigenvalue weighted by Gasteiger charge is 2.23. The molecule has 0 radical (unpaired) electrons. The lowest BCUT2D eigenvalue weighted by Gasteiger charge is -2.33. The van der Waals surface area contributed by atoms with Gasteiger partial charge in [-0.3, -0.25) is 5.32 Å². The van der Waals surface area contributed by atoms with E-state index in [1.165, 1.54) is 5.56 Å². The summed E-state index contributed by atoms with van der Waals surface area (Å²) in [4.78, 5) is 15.1. The topological polar surface area (TPSA) is 71.4 Å². The monoisotopic (exact) mass is 447 g/mol. The number of urea groups is 1. The van der Waals surface area contributed by atoms with Crippen LogP contribution in [0.15, 0.2) is 66.9 Å². The summed E-state index contributed by atoms with van der Waals surface area (Å²) in [6.07, 6.45) is 4.94. The van der Waals surface area contributed by atoms with Crippen molar-refractivity contribution in [3.05, 3.63) is 72.4 Å². The molecule has 1 atom stereocenters. The van der Waals surface area contributed by atoms with Crippen molar-refractivity contribution in [3.63, 3.8) is 0 Å². The van der Waals surface area contributed by atoms with Gasteiger partial charge in [-0.2, -0.15) is 5.10 Å². The fourth-order valence-corrected chi connectivity index (χ4v) is 4.43. The first kappa shape index (κ1) is 22.9. The summed E-state index contributed by atoms with van der Waals surface area (Å²) >= 11 is 0. The molecule has 2 aromatic carbocycles. The molecule has 1 saturated heterocycles. The van der Waals surface area contributed by atoms with Crippen molar-refractivity contribution < 1.29 is 9.53 Å². The zero-order valence-corrected chi connectivity index (χ0v) is 19.4. The second kappa shape index (κ2) is 11.0. The van der Waals surface area contributed by atoms with Crippen molar-refractivity contribution in [3.8, 4) is 5.75 Å². The molecule has 3 aromatic rings. The molecule has 0 spiro atoms. The van der Waals surface area contributed by atoms with E-state index in [0.29, 0.717) is 23.2 Å². The summed E-state index contributed by atoms with van der Waals surface area (Å²) in [5.41, 5.74) is 2.03. The Morgan fingerprint density at radius 2 is 1.79 bits per heavy atom. The number of amides is 2. The minimum atomic E-state index is -0.311. The zero-order chi connectivity index (χ0) is 23.0. The Hall–Kier alpha value is -3.32. The summed E-state index contributed by atoms with van der Waals surface area (Å²) in [6, 6.07) is 19.9. The van der Waals surface area contributed by atoms with Gasteiger partial charge in [0.2, 0.25) is 0 Å². The maximum atomic E-state index is 12.6. The van der Waals surface area contributed by atoms with Gasteiger partial charge in [0.05, 0.1) is 25.0 Å². The molecule has 0 bridgehead atoms. The molecule has 0 aliphatic carbocycles. The molecule has 4 rings (SSSR count). The van der Waals surface area contributed by atoms with E-state index in [2.05, 4.69) is 57.9 Å². The smallest absolute Gasteiger partial charge is 0.324 e. The van der Waals surface area contributed by atoms with E-state index < -0.39 is 0 Å². The Kier molecular flexibility index (Phi) is 7.62. The zero-order valence-electron chi connectivity index (χ0n) is 19.4. The van der Waals surface area contributed by atoms with E-state index in [-0.39, 0.29) is 12.1 Å². The highest BCUT2D eigenvalue weighted by molar-refractivity contribution is 6.00. The number of carbonyl (C=O) groups is 1. The Labute approximate surface area is 195 Å². The molecule has 174 valence electrons. The van der Waals surface area contributed by atoms with E-state index in [9.17, 15) is 4.79 Å². The van der Waals surface area contributed by atoms with Crippen LogP contribution in [0.25, 0.3) is 0 Å². The second-order valence-electron chi connectivity index (χ2n) is 8.61. The maximum Gasteiger partial charge on any atom is 0.324 e. The fraction of sp³-hybridized carbons (Fsp3) is 0.385. The lowest BCUT2D eigenvalue weighted by molar-refractivity contribution is 0.177. The number of anilines is 2. The maximum absolute atomic E-state index is 12.6. The molecule has 2 amide bonds. The van der Waals surface area contributed by atoms with Crippen LogP contribution in [0.5, 0.6) is 5.75 Å². The molecular weight excluding hydrogens is 414 g/mol. The number of carbonyl (C=O) groups excluding carboxylic acids is 1. The lowest BCUT2D eigenvalue weighted by atomic mass is 9.97. The molecule has 0 saturated carbocycles. The first-order valence-corrected chi connectivity index (χ1v) is 11.7. The van der Waals surface area contributed by atoms with Crippen LogP contribution in [0.3, 0.4) is 0 Å². The summed E-state index contributed by atoms with van der Waals surface area (Å²) in [5.74, 6) is 1.89. The van der Waals surface area contributed by atoms with Crippen LogP contribution in [-0.2, 0) is 0 Å². The average molecular weight is 448 g/mol. The van der Waals surface area contributed by atoms with Crippen molar-refractivity contribution in [1.82, 2.24) is 14.7 Å². The Morgan fingerprint density at radius 3 is 2.55 bits per heavy atom. The number of nitrogens with one attached hydrogen (secondary N) is 2. The van der Waals surface area contributed by atoms with Gasteiger partial charge in [-0.15, -0.1) is 0 Å². The number of likely N-dealkylation sites (tertiary alicyclic amines) is 1. The number of nitrogens with zero attached hydrogens (tertiary/aromatic N) is 3. The van der Waals surface area contributed by atoms with Crippen molar-refractivity contribution in [1.29, 1.82) is 0 Å². The van der Waals surface area contributed by atoms with Gasteiger partial charge in [0.1, 0.15) is 11.6 Å². The van der Waals surface area contributed by atoms with Gasteiger partial charge in [-0.1, -0.05) is 49.4 Å². The standard InChI is InChI=1S/C26H33N5O2/c1-20(21-8-4-3-5-9-21)13-17-30-18-14-22(15-19-30)31-25(12-16-27-31)29-26(32)28-23-10-6-7-11-24(23)33-2/h3-12,16,20,22H,13-15,17-19H2,1-2H3,(H2,28,29,32). The highest BCUT2D eigenvalue weighted by atomic mass is 16.5. The predicted molar refractivity (Wildman–Crippen MR) is 132 cm³/mol. The number of rotatable bonds is 8. The Balaban J connectivity index is 1.27. The molecule has 1 fully saturated rings. The van der Waals surface area contributed by atoms with Crippen LogP contribution in [0.4, 0.5) is 16.3 Å². The molecule has 1 unspecified atom stereocenters. The van der Waals surface area contributed by atoms with Gasteiger partial charge in [0.15, 0.2) is 0 Å². The van der Waals surface area contributed by atoms with E-state index >= 15 is 0 Å². The first-order valence-electron chi connectivity index (χ1n) is 11.7. The number of aromatic nitrogens is 2. The van der Waals surface area contributed by atoms with E-state index in [0.717, 1.165) is 38.9 Å². The summed E-state index contributed by atoms with van der Waals surface area (Å²) in [5, 5.41) is 10.3. The van der Waals surface area contributed by atoms with Gasteiger partial charge in [0, 0.05) is 19.2 Å². The number of ether oxygens (including phenoxy) is 1. The van der Waals surface area contributed by atoms with E-state index in [1.807, 2.05) is 35.0 Å². The van der Waals surface area contributed by atoms with Gasteiger partial charge in [-0.05, 0) is 49.4 Å². The largest absolute Gasteiger partial charge is 0.495 e. The highest BCUT2D eigenvalue weighted by Crippen LogP contribution is 2.27. The molecule has 7 heteroatoms. The summed E-state index contributed by atoms with van der Waals surface area (Å²) in [6.45, 7) is 5.49. The Morgan fingerprint density at radius 1 is 1.06 bits per heavy atom. The lowest BCUT2D eigenvalue weighted by Crippen LogP contribution is -2.36. The van der Waals surface area contributed by atoms with Crippen molar-refractivity contribution >= 4 is 17.5 Å². The minimum Gasteiger partial charge on any atom is -0.495 e. The van der Waals surface area contributed by atoms with Gasteiger partial charge in [0.25, 0.3) is 0 Å². The number of piperidine rings is 1. The van der Waals surface area contributed by atoms with E-state index in [1.54, 1.807) is 13.3 Å². The molecule has 2 N–H and O–H groups in total. The molecule has 1 aliphatic rings. The number of hydrogen-bond donors (Lipinski definition) is 2. The van der Waals surface area contributed by atoms with Crippen LogP contribution < -0.4 is 15.4 Å². The molecular formula is C26H33N5O2. The third-order valence-corrected chi connectivity index (χ3v) is 6.42. The van der Waals surface area contributed by atoms with Crippen LogP contribution in [0, 0.1) is 0 Å². The second-order valence-corrected chi connectivity index (χ2v) is 8.61. The third kappa shape index (κ3) is 5.93. The van der Waals surface area contributed by atoms with Crippen LogP contribution in [0.2, 0.25) is 0 Å². The molecule has 33 heavy (non-hydrogen) atoms. The van der Waals surface area contributed by atoms with Gasteiger partial charge < -0.3 is 15.0 Å². The Bertz CT molecular complexity index is 1030. The normalized spacial score (nSPS) is 15.7. The van der Waals surface area contributed by atoms with Crippen molar-refractivity contribution in [2.24, 2.45) is 0 Å². The van der Waals surface area contributed by atoms with E-state index in [4.69, 9.17) is 4.74 Å². The molecule has 1 aliphatic heterocycles. The van der Waals surface area contributed by atoms with Crippen LogP contribution >= 0.6 is 0 Å². The average Bonchev–Trinajstić information content (AvgIpc) is 3.31. The quantitative estimate of drug-likeness (QED) is 0.487. The molecule has 7 nitrogen and oxygen atoms in total. The van der Waals surface area contributed by atoms with Gasteiger partial charge >= 0.3 is 6.03 Å². The predicted octanol–water partition coefficient (Wildman–Crippen LogP) is 5.37. The number of methoxy groups -OCH3 is 1. The summed E-state index contributed by atoms with van der Waals surface area (Å²) in [7, 11) is 1.59. The number of hydrogen-bond acceptors (Lipinski definition) is 4. The SMILES string of the molecule is COc1ccccc1NC(=O)Nc1ccnn1C1CCN(CCC(C)c2ccccc2)CC1. The first-order chi connectivity index (χ1) is 16.1.